The van der Waals surface area contributed by atoms with Crippen molar-refractivity contribution in [1.82, 2.24) is 0 Å². The Hall–Kier alpha value is -2.61. The van der Waals surface area contributed by atoms with E-state index in [2.05, 4.69) is 105 Å². The second-order valence-corrected chi connectivity index (χ2v) is 13.0. The predicted molar refractivity (Wildman–Crippen MR) is 197 cm³/mol. The van der Waals surface area contributed by atoms with Crippen molar-refractivity contribution in [1.29, 1.82) is 0 Å². The van der Waals surface area contributed by atoms with Crippen LogP contribution in [0.15, 0.2) is 93.2 Å². The highest BCUT2D eigenvalue weighted by Crippen LogP contribution is 2.17. The summed E-state index contributed by atoms with van der Waals surface area (Å²) in [6.07, 6.45) is 34.7. The van der Waals surface area contributed by atoms with Crippen LogP contribution in [0.3, 0.4) is 0 Å². The second kappa shape index (κ2) is 26.8. The van der Waals surface area contributed by atoms with E-state index < -0.39 is 0 Å². The lowest BCUT2D eigenvalue weighted by Gasteiger charge is -2.04. The van der Waals surface area contributed by atoms with Gasteiger partial charge < -0.3 is 4.74 Å². The second-order valence-electron chi connectivity index (χ2n) is 13.0. The molecule has 0 atom stereocenters. The van der Waals surface area contributed by atoms with Gasteiger partial charge in [-0.2, -0.15) is 0 Å². The van der Waals surface area contributed by atoms with Crippen molar-refractivity contribution in [2.45, 2.75) is 159 Å². The fourth-order valence-electron chi connectivity index (χ4n) is 4.83. The van der Waals surface area contributed by atoms with E-state index >= 15 is 0 Å². The highest BCUT2D eigenvalue weighted by molar-refractivity contribution is 5.66. The van der Waals surface area contributed by atoms with E-state index in [4.69, 9.17) is 4.74 Å². The smallest absolute Gasteiger partial charge is 0.302 e. The minimum atomic E-state index is -0.224. The van der Waals surface area contributed by atoms with Gasteiger partial charge in [0.05, 0.1) is 0 Å². The van der Waals surface area contributed by atoms with E-state index in [9.17, 15) is 4.79 Å². The Bertz CT molecular complexity index is 1070. The van der Waals surface area contributed by atoms with Crippen molar-refractivity contribution in [2.24, 2.45) is 0 Å². The molecule has 2 nitrogen and oxygen atoms in total. The highest BCUT2D eigenvalue weighted by Gasteiger charge is 1.97. The van der Waals surface area contributed by atoms with Gasteiger partial charge in [0.2, 0.25) is 0 Å². The van der Waals surface area contributed by atoms with Crippen LogP contribution < -0.4 is 0 Å². The minimum Gasteiger partial charge on any atom is -0.462 e. The van der Waals surface area contributed by atoms with Gasteiger partial charge in [0.1, 0.15) is 6.61 Å². The largest absolute Gasteiger partial charge is 0.462 e. The van der Waals surface area contributed by atoms with Gasteiger partial charge in [-0.15, -0.1) is 0 Å². The number of allylic oxidation sites excluding steroid dienone is 15. The number of carbonyl (C=O) groups excluding carboxylic acids is 1. The Morgan fingerprint density at radius 2 is 0.636 bits per heavy atom. The van der Waals surface area contributed by atoms with Gasteiger partial charge in [-0.1, -0.05) is 87.1 Å². The molecule has 0 unspecified atom stereocenters. The van der Waals surface area contributed by atoms with E-state index in [0.717, 1.165) is 64.2 Å². The summed E-state index contributed by atoms with van der Waals surface area (Å²) in [5.74, 6) is -0.224. The molecule has 0 N–H and O–H groups in total. The normalized spacial score (nSPS) is 14.9. The molecule has 0 aromatic rings. The van der Waals surface area contributed by atoms with Crippen LogP contribution in [-0.4, -0.2) is 12.6 Å². The lowest BCUT2D eigenvalue weighted by Crippen LogP contribution is -1.98. The van der Waals surface area contributed by atoms with Crippen LogP contribution in [0.4, 0.5) is 0 Å². The summed E-state index contributed by atoms with van der Waals surface area (Å²) in [6, 6.07) is 0. The quantitative estimate of drug-likeness (QED) is 0.0856. The third-order valence-corrected chi connectivity index (χ3v) is 8.31. The zero-order valence-electron chi connectivity index (χ0n) is 30.5. The van der Waals surface area contributed by atoms with Crippen LogP contribution in [0.25, 0.3) is 0 Å². The Balaban J connectivity index is 4.20. The first-order valence-corrected chi connectivity index (χ1v) is 17.3. The average Bonchev–Trinajstić information content (AvgIpc) is 2.95. The van der Waals surface area contributed by atoms with Gasteiger partial charge in [-0.25, -0.2) is 0 Å². The summed E-state index contributed by atoms with van der Waals surface area (Å²) in [5, 5.41) is 0. The number of hydrogen-bond donors (Lipinski definition) is 0. The van der Waals surface area contributed by atoms with Crippen LogP contribution >= 0.6 is 0 Å². The van der Waals surface area contributed by atoms with Crippen LogP contribution in [-0.2, 0) is 9.53 Å². The Labute approximate surface area is 273 Å². The molecular formula is C42H68O2. The summed E-state index contributed by atoms with van der Waals surface area (Å²) in [7, 11) is 0. The number of esters is 1. The Morgan fingerprint density at radius 1 is 0.386 bits per heavy atom. The lowest BCUT2D eigenvalue weighted by molar-refractivity contribution is -0.139. The number of ether oxygens (including phenoxy) is 1. The Morgan fingerprint density at radius 3 is 0.909 bits per heavy atom. The summed E-state index contributed by atoms with van der Waals surface area (Å²) < 4.78 is 4.98. The van der Waals surface area contributed by atoms with E-state index in [1.165, 1.54) is 77.2 Å². The molecule has 44 heavy (non-hydrogen) atoms. The fraction of sp³-hybridized carbons (Fsp3) is 0.595. The first kappa shape index (κ1) is 41.4. The number of hydrogen-bond acceptors (Lipinski definition) is 2. The van der Waals surface area contributed by atoms with Crippen LogP contribution in [0, 0.1) is 0 Å². The molecule has 0 aromatic heterocycles. The molecule has 0 rings (SSSR count). The highest BCUT2D eigenvalue weighted by atomic mass is 16.5. The molecule has 0 radical (unpaired) electrons. The van der Waals surface area contributed by atoms with Crippen molar-refractivity contribution in [2.75, 3.05) is 6.61 Å². The van der Waals surface area contributed by atoms with Crippen molar-refractivity contribution in [3.8, 4) is 0 Å². The maximum Gasteiger partial charge on any atom is 0.302 e. The third-order valence-electron chi connectivity index (χ3n) is 8.31. The number of rotatable bonds is 23. The van der Waals surface area contributed by atoms with Crippen molar-refractivity contribution >= 4 is 5.97 Å². The molecular weight excluding hydrogens is 536 g/mol. The molecule has 0 heterocycles. The maximum atomic E-state index is 10.8. The van der Waals surface area contributed by atoms with Crippen molar-refractivity contribution < 1.29 is 9.53 Å². The molecule has 0 bridgehead atoms. The first-order chi connectivity index (χ1) is 20.9. The third kappa shape index (κ3) is 27.0. The van der Waals surface area contributed by atoms with Gasteiger partial charge in [0, 0.05) is 6.92 Å². The van der Waals surface area contributed by atoms with E-state index in [0.29, 0.717) is 6.61 Å². The van der Waals surface area contributed by atoms with Gasteiger partial charge >= 0.3 is 5.97 Å². The van der Waals surface area contributed by atoms with Crippen LogP contribution in [0.5, 0.6) is 0 Å². The first-order valence-electron chi connectivity index (χ1n) is 17.3. The van der Waals surface area contributed by atoms with Crippen molar-refractivity contribution in [3.63, 3.8) is 0 Å². The maximum absolute atomic E-state index is 10.8. The summed E-state index contributed by atoms with van der Waals surface area (Å²) >= 11 is 0. The van der Waals surface area contributed by atoms with Gasteiger partial charge in [0.15, 0.2) is 0 Å². The molecule has 0 aromatic carbocycles. The molecule has 0 amide bonds. The summed E-state index contributed by atoms with van der Waals surface area (Å²) in [4.78, 5) is 10.8. The van der Waals surface area contributed by atoms with E-state index in [1.54, 1.807) is 0 Å². The molecule has 0 saturated carbocycles. The molecule has 0 aliphatic carbocycles. The summed E-state index contributed by atoms with van der Waals surface area (Å²) in [5.41, 5.74) is 11.8. The topological polar surface area (TPSA) is 26.3 Å². The SMILES string of the molecule is C/C=C(\C)CC/C(C)=C/CC/C(C)=C/CC/C(C)=C/CC/C(C)=C/CC/C(C)=C/CC/C(C)=C/CC/C(C)=C/COC(C)=O. The molecule has 248 valence electrons. The minimum absolute atomic E-state index is 0.224. The fourth-order valence-corrected chi connectivity index (χ4v) is 4.83. The monoisotopic (exact) mass is 605 g/mol. The predicted octanol–water partition coefficient (Wildman–Crippen LogP) is 13.6. The zero-order chi connectivity index (χ0) is 33.2. The number of carbonyl (C=O) groups is 1. The molecule has 2 heteroatoms. The van der Waals surface area contributed by atoms with Crippen LogP contribution in [0.1, 0.15) is 159 Å². The molecule has 0 fully saturated rings. The van der Waals surface area contributed by atoms with E-state index in [1.807, 2.05) is 6.08 Å². The molecule has 0 saturated heterocycles. The zero-order valence-corrected chi connectivity index (χ0v) is 30.5. The Kier molecular flexibility index (Phi) is 25.2. The summed E-state index contributed by atoms with van der Waals surface area (Å²) in [6.45, 7) is 21.9. The molecule has 0 spiro atoms. The van der Waals surface area contributed by atoms with Crippen LogP contribution in [0.2, 0.25) is 0 Å². The molecule has 0 aliphatic rings. The van der Waals surface area contributed by atoms with Gasteiger partial charge in [-0.3, -0.25) is 4.79 Å². The standard InChI is InChI=1S/C42H68O2/c1-11-34(2)30-31-40(8)28-16-26-38(6)24-14-22-36(4)20-12-18-35(3)19-13-21-37(5)23-15-25-39(7)27-17-29-41(9)32-33-44-42(10)43/h11,19-20,23-24,27-28,32H,12-18,21-22,25-26,29-31,33H2,1-10H3/b34-11+,35-19+,36-20+,37-23+,38-24+,39-27+,40-28+,41-32+. The van der Waals surface area contributed by atoms with Crippen molar-refractivity contribution in [3.05, 3.63) is 93.2 Å². The lowest BCUT2D eigenvalue weighted by atomic mass is 10.0. The van der Waals surface area contributed by atoms with E-state index in [-0.39, 0.29) is 5.97 Å². The van der Waals surface area contributed by atoms with Gasteiger partial charge in [-0.05, 0) is 158 Å². The average molecular weight is 605 g/mol. The van der Waals surface area contributed by atoms with Gasteiger partial charge in [0.25, 0.3) is 0 Å². The molecule has 0 aliphatic heterocycles.